The Labute approximate surface area is 169 Å². The third-order valence-electron chi connectivity index (χ3n) is 4.17. The zero-order chi connectivity index (χ0) is 18.5. The smallest absolute Gasteiger partial charge is 0.247 e. The molecule has 3 rings (SSSR count). The second-order valence-corrected chi connectivity index (χ2v) is 7.26. The van der Waals surface area contributed by atoms with Gasteiger partial charge in [-0.05, 0) is 24.6 Å². The van der Waals surface area contributed by atoms with Crippen molar-refractivity contribution in [3.63, 3.8) is 0 Å². The molecule has 1 aromatic carbocycles. The van der Waals surface area contributed by atoms with Gasteiger partial charge in [0.05, 0.1) is 6.20 Å². The number of thiazole rings is 1. The molecular weight excluding hydrogens is 382 g/mol. The molecule has 0 aliphatic carbocycles. The molecule has 0 aliphatic rings. The number of aryl methyl sites for hydroxylation is 2. The van der Waals surface area contributed by atoms with E-state index in [-0.39, 0.29) is 18.3 Å². The molecule has 0 radical (unpaired) electrons. The molecular formula is C19H24ClN5OS. The summed E-state index contributed by atoms with van der Waals surface area (Å²) in [7, 11) is 3.58. The molecule has 8 heteroatoms. The maximum Gasteiger partial charge on any atom is 0.247 e. The molecule has 27 heavy (non-hydrogen) atoms. The standard InChI is InChI=1S/C19H23N5OS.ClH/c1-4-13-6-5-7-14(8-13)9-16-11-21-19(26-16)23-18(25)17(20-2)15-10-22-24(3)12-15;/h5-8,10-12,17,20H,4,9H2,1-3H3,(H,21,23,25);1H. The lowest BCUT2D eigenvalue weighted by atomic mass is 10.1. The van der Waals surface area contributed by atoms with Gasteiger partial charge in [0.2, 0.25) is 5.91 Å². The molecule has 0 saturated heterocycles. The summed E-state index contributed by atoms with van der Waals surface area (Å²) in [5.41, 5.74) is 3.41. The first-order valence-electron chi connectivity index (χ1n) is 8.58. The quantitative estimate of drug-likeness (QED) is 0.632. The zero-order valence-corrected chi connectivity index (χ0v) is 17.2. The van der Waals surface area contributed by atoms with Crippen molar-refractivity contribution in [2.75, 3.05) is 12.4 Å². The number of nitrogens with one attached hydrogen (secondary N) is 2. The van der Waals surface area contributed by atoms with E-state index in [1.165, 1.54) is 22.5 Å². The Balaban J connectivity index is 0.00000261. The van der Waals surface area contributed by atoms with Crippen molar-refractivity contribution >= 4 is 34.8 Å². The molecule has 3 aromatic rings. The molecule has 2 aromatic heterocycles. The van der Waals surface area contributed by atoms with Crippen molar-refractivity contribution in [1.29, 1.82) is 0 Å². The summed E-state index contributed by atoms with van der Waals surface area (Å²) < 4.78 is 1.68. The van der Waals surface area contributed by atoms with Gasteiger partial charge in [0.15, 0.2) is 5.13 Å². The Morgan fingerprint density at radius 1 is 1.30 bits per heavy atom. The lowest BCUT2D eigenvalue weighted by Gasteiger charge is -2.12. The van der Waals surface area contributed by atoms with Gasteiger partial charge in [0.1, 0.15) is 6.04 Å². The summed E-state index contributed by atoms with van der Waals surface area (Å²) in [6.45, 7) is 2.15. The van der Waals surface area contributed by atoms with Crippen molar-refractivity contribution in [2.24, 2.45) is 7.05 Å². The summed E-state index contributed by atoms with van der Waals surface area (Å²) in [4.78, 5) is 18.0. The first-order valence-corrected chi connectivity index (χ1v) is 9.40. The van der Waals surface area contributed by atoms with Crippen molar-refractivity contribution in [3.8, 4) is 0 Å². The Morgan fingerprint density at radius 3 is 2.74 bits per heavy atom. The molecule has 2 N–H and O–H groups in total. The number of benzene rings is 1. The van der Waals surface area contributed by atoms with Gasteiger partial charge in [0.25, 0.3) is 0 Å². The van der Waals surface area contributed by atoms with Crippen LogP contribution in [-0.4, -0.2) is 27.7 Å². The Hall–Kier alpha value is -2.22. The van der Waals surface area contributed by atoms with E-state index in [0.29, 0.717) is 5.13 Å². The number of likely N-dealkylation sites (N-methyl/N-ethyl adjacent to an activating group) is 1. The van der Waals surface area contributed by atoms with Crippen LogP contribution < -0.4 is 10.6 Å². The zero-order valence-electron chi connectivity index (χ0n) is 15.6. The number of anilines is 1. The Kier molecular flexibility index (Phi) is 7.53. The van der Waals surface area contributed by atoms with E-state index in [9.17, 15) is 4.79 Å². The molecule has 6 nitrogen and oxygen atoms in total. The number of amides is 1. The van der Waals surface area contributed by atoms with E-state index in [4.69, 9.17) is 0 Å². The first-order chi connectivity index (χ1) is 12.6. The van der Waals surface area contributed by atoms with Gasteiger partial charge < -0.3 is 10.6 Å². The SMILES string of the molecule is CCc1cccc(Cc2cnc(NC(=O)C(NC)c3cnn(C)c3)s2)c1.Cl. The highest BCUT2D eigenvalue weighted by molar-refractivity contribution is 7.15. The van der Waals surface area contributed by atoms with Gasteiger partial charge in [-0.2, -0.15) is 5.10 Å². The van der Waals surface area contributed by atoms with Gasteiger partial charge >= 0.3 is 0 Å². The second kappa shape index (κ2) is 9.64. The molecule has 0 bridgehead atoms. The van der Waals surface area contributed by atoms with E-state index in [0.717, 1.165) is 23.3 Å². The topological polar surface area (TPSA) is 71.8 Å². The molecule has 0 saturated carbocycles. The highest BCUT2D eigenvalue weighted by Crippen LogP contribution is 2.23. The minimum Gasteiger partial charge on any atom is -0.305 e. The molecule has 0 aliphatic heterocycles. The van der Waals surface area contributed by atoms with Crippen LogP contribution in [0.15, 0.2) is 42.9 Å². The lowest BCUT2D eigenvalue weighted by Crippen LogP contribution is -2.30. The van der Waals surface area contributed by atoms with Crippen LogP contribution in [0, 0.1) is 0 Å². The van der Waals surface area contributed by atoms with Crippen molar-refractivity contribution in [1.82, 2.24) is 20.1 Å². The third-order valence-corrected chi connectivity index (χ3v) is 5.08. The second-order valence-electron chi connectivity index (χ2n) is 6.14. The summed E-state index contributed by atoms with van der Waals surface area (Å²) >= 11 is 1.51. The monoisotopic (exact) mass is 405 g/mol. The summed E-state index contributed by atoms with van der Waals surface area (Å²) in [5, 5.41) is 10.7. The maximum absolute atomic E-state index is 12.6. The molecule has 1 amide bonds. The van der Waals surface area contributed by atoms with E-state index < -0.39 is 6.04 Å². The number of nitrogens with zero attached hydrogens (tertiary/aromatic N) is 3. The van der Waals surface area contributed by atoms with Gasteiger partial charge in [-0.15, -0.1) is 23.7 Å². The molecule has 0 spiro atoms. The first kappa shape index (κ1) is 21.1. The normalized spacial score (nSPS) is 11.7. The van der Waals surface area contributed by atoms with Gasteiger partial charge in [0, 0.05) is 36.3 Å². The van der Waals surface area contributed by atoms with E-state index in [1.54, 1.807) is 17.9 Å². The number of hydrogen-bond donors (Lipinski definition) is 2. The average Bonchev–Trinajstić information content (AvgIpc) is 3.25. The maximum atomic E-state index is 12.6. The highest BCUT2D eigenvalue weighted by Gasteiger charge is 2.21. The van der Waals surface area contributed by atoms with Crippen LogP contribution in [0.2, 0.25) is 0 Å². The van der Waals surface area contributed by atoms with E-state index >= 15 is 0 Å². The fourth-order valence-electron chi connectivity index (χ4n) is 2.82. The number of halogens is 1. The molecule has 1 unspecified atom stereocenters. The molecule has 0 fully saturated rings. The Bertz CT molecular complexity index is 892. The summed E-state index contributed by atoms with van der Waals surface area (Å²) in [6, 6.07) is 8.10. The number of aromatic nitrogens is 3. The highest BCUT2D eigenvalue weighted by atomic mass is 35.5. The fraction of sp³-hybridized carbons (Fsp3) is 0.316. The molecule has 144 valence electrons. The predicted octanol–water partition coefficient (Wildman–Crippen LogP) is 3.35. The molecule has 2 heterocycles. The number of hydrogen-bond acceptors (Lipinski definition) is 5. The minimum absolute atomic E-state index is 0. The van der Waals surface area contributed by atoms with Crippen molar-refractivity contribution < 1.29 is 4.79 Å². The lowest BCUT2D eigenvalue weighted by molar-refractivity contribution is -0.118. The predicted molar refractivity (Wildman–Crippen MR) is 112 cm³/mol. The third kappa shape index (κ3) is 5.38. The largest absolute Gasteiger partial charge is 0.305 e. The van der Waals surface area contributed by atoms with Crippen molar-refractivity contribution in [2.45, 2.75) is 25.8 Å². The number of carbonyl (C=O) groups is 1. The Morgan fingerprint density at radius 2 is 2.07 bits per heavy atom. The van der Waals surface area contributed by atoms with Crippen LogP contribution in [0.3, 0.4) is 0 Å². The number of rotatable bonds is 7. The minimum atomic E-state index is -0.461. The number of carbonyl (C=O) groups excluding carboxylic acids is 1. The van der Waals surface area contributed by atoms with Gasteiger partial charge in [-0.3, -0.25) is 9.48 Å². The van der Waals surface area contributed by atoms with Crippen molar-refractivity contribution in [3.05, 3.63) is 64.4 Å². The van der Waals surface area contributed by atoms with Gasteiger partial charge in [-0.1, -0.05) is 31.2 Å². The summed E-state index contributed by atoms with van der Waals surface area (Å²) in [5.74, 6) is -0.144. The van der Waals surface area contributed by atoms with E-state index in [1.807, 2.05) is 19.4 Å². The van der Waals surface area contributed by atoms with Crippen LogP contribution in [-0.2, 0) is 24.7 Å². The van der Waals surface area contributed by atoms with Crippen LogP contribution in [0.4, 0.5) is 5.13 Å². The van der Waals surface area contributed by atoms with Crippen LogP contribution in [0.25, 0.3) is 0 Å². The van der Waals surface area contributed by atoms with Crippen LogP contribution >= 0.6 is 23.7 Å². The van der Waals surface area contributed by atoms with E-state index in [2.05, 4.69) is 51.9 Å². The fourth-order valence-corrected chi connectivity index (χ4v) is 3.67. The van der Waals surface area contributed by atoms with Crippen LogP contribution in [0.1, 0.15) is 34.5 Å². The van der Waals surface area contributed by atoms with Gasteiger partial charge in [-0.25, -0.2) is 4.98 Å². The van der Waals surface area contributed by atoms with Crippen LogP contribution in [0.5, 0.6) is 0 Å². The molecule has 1 atom stereocenters. The summed E-state index contributed by atoms with van der Waals surface area (Å²) in [6.07, 6.45) is 7.19. The average molecular weight is 406 g/mol.